The molecule has 0 heterocycles. The van der Waals surface area contributed by atoms with Crippen molar-refractivity contribution in [3.05, 3.63) is 35.4 Å². The molecule has 0 bridgehead atoms. The van der Waals surface area contributed by atoms with E-state index < -0.39 is 0 Å². The topological polar surface area (TPSA) is 0 Å². The minimum Gasteiger partial charge on any atom is -0.0884 e. The number of rotatable bonds is 0. The first-order chi connectivity index (χ1) is 5.77. The Balaban J connectivity index is 2.34. The van der Waals surface area contributed by atoms with Crippen LogP contribution < -0.4 is 0 Å². The van der Waals surface area contributed by atoms with E-state index >= 15 is 0 Å². The van der Waals surface area contributed by atoms with Gasteiger partial charge in [-0.2, -0.15) is 0 Å². The van der Waals surface area contributed by atoms with Crippen LogP contribution in [0.4, 0.5) is 0 Å². The number of benzene rings is 1. The minimum absolute atomic E-state index is 0.674. The molecule has 1 aliphatic carbocycles. The van der Waals surface area contributed by atoms with Crippen LogP contribution in [-0.4, -0.2) is 4.83 Å². The van der Waals surface area contributed by atoms with Gasteiger partial charge in [-0.25, -0.2) is 0 Å². The van der Waals surface area contributed by atoms with Crippen LogP contribution in [0.2, 0.25) is 0 Å². The quantitative estimate of drug-likeness (QED) is 0.595. The van der Waals surface area contributed by atoms with Gasteiger partial charge in [0.25, 0.3) is 0 Å². The summed E-state index contributed by atoms with van der Waals surface area (Å²) < 4.78 is 0. The van der Waals surface area contributed by atoms with Gasteiger partial charge in [0, 0.05) is 4.83 Å². The van der Waals surface area contributed by atoms with Crippen LogP contribution in [-0.2, 0) is 12.8 Å². The van der Waals surface area contributed by atoms with Crippen molar-refractivity contribution in [3.8, 4) is 0 Å². The van der Waals surface area contributed by atoms with E-state index in [9.17, 15) is 0 Å². The van der Waals surface area contributed by atoms with E-state index in [4.69, 9.17) is 0 Å². The van der Waals surface area contributed by atoms with Crippen molar-refractivity contribution < 1.29 is 0 Å². The molecular formula is C11H13Br. The molecule has 12 heavy (non-hydrogen) atoms. The van der Waals surface area contributed by atoms with Gasteiger partial charge < -0.3 is 0 Å². The molecule has 0 nitrogen and oxygen atoms in total. The Morgan fingerprint density at radius 3 is 2.42 bits per heavy atom. The highest BCUT2D eigenvalue weighted by molar-refractivity contribution is 9.09. The van der Waals surface area contributed by atoms with Crippen LogP contribution in [0.3, 0.4) is 0 Å². The Kier molecular flexibility index (Phi) is 2.22. The van der Waals surface area contributed by atoms with Crippen molar-refractivity contribution in [2.75, 3.05) is 0 Å². The van der Waals surface area contributed by atoms with Crippen molar-refractivity contribution in [1.29, 1.82) is 0 Å². The van der Waals surface area contributed by atoms with Gasteiger partial charge in [-0.3, -0.25) is 0 Å². The molecule has 0 fully saturated rings. The average Bonchev–Trinajstić information content (AvgIpc) is 2.07. The van der Waals surface area contributed by atoms with Gasteiger partial charge in [0.1, 0.15) is 0 Å². The van der Waals surface area contributed by atoms with E-state index in [0.717, 1.165) is 5.92 Å². The van der Waals surface area contributed by atoms with Gasteiger partial charge in [0.05, 0.1) is 0 Å². The van der Waals surface area contributed by atoms with Gasteiger partial charge >= 0.3 is 0 Å². The number of hydrogen-bond donors (Lipinski definition) is 0. The average molecular weight is 225 g/mol. The maximum atomic E-state index is 3.72. The summed E-state index contributed by atoms with van der Waals surface area (Å²) in [6.45, 7) is 2.31. The summed E-state index contributed by atoms with van der Waals surface area (Å²) in [5.41, 5.74) is 3.07. The Labute approximate surface area is 82.1 Å². The predicted octanol–water partition coefficient (Wildman–Crippen LogP) is 3.18. The van der Waals surface area contributed by atoms with E-state index in [1.807, 2.05) is 0 Å². The number of halogens is 1. The second-order valence-corrected chi connectivity index (χ2v) is 4.85. The molecule has 2 unspecified atom stereocenters. The molecule has 2 rings (SSSR count). The van der Waals surface area contributed by atoms with Crippen LogP contribution in [0.25, 0.3) is 0 Å². The highest BCUT2D eigenvalue weighted by Gasteiger charge is 2.22. The zero-order valence-electron chi connectivity index (χ0n) is 7.26. The first kappa shape index (κ1) is 8.31. The van der Waals surface area contributed by atoms with Crippen LogP contribution in [0.5, 0.6) is 0 Å². The second kappa shape index (κ2) is 3.21. The maximum absolute atomic E-state index is 3.72. The van der Waals surface area contributed by atoms with Crippen LogP contribution in [0, 0.1) is 5.92 Å². The molecule has 1 aliphatic rings. The van der Waals surface area contributed by atoms with Crippen molar-refractivity contribution in [1.82, 2.24) is 0 Å². The molecule has 0 radical (unpaired) electrons. The molecule has 1 heteroatoms. The molecule has 1 aromatic rings. The fourth-order valence-corrected chi connectivity index (χ4v) is 2.38. The third-order valence-corrected chi connectivity index (χ3v) is 3.92. The predicted molar refractivity (Wildman–Crippen MR) is 55.7 cm³/mol. The largest absolute Gasteiger partial charge is 0.0884 e. The summed E-state index contributed by atoms with van der Waals surface area (Å²) in [6, 6.07) is 8.77. The zero-order chi connectivity index (χ0) is 8.55. The van der Waals surface area contributed by atoms with Crippen LogP contribution in [0.15, 0.2) is 24.3 Å². The normalized spacial score (nSPS) is 28.2. The van der Waals surface area contributed by atoms with E-state index in [-0.39, 0.29) is 0 Å². The molecular weight excluding hydrogens is 212 g/mol. The lowest BCUT2D eigenvalue weighted by molar-refractivity contribution is 0.523. The number of fused-ring (bicyclic) bond motifs is 1. The summed E-state index contributed by atoms with van der Waals surface area (Å²) in [4.78, 5) is 0.674. The van der Waals surface area contributed by atoms with Gasteiger partial charge in [-0.15, -0.1) is 0 Å². The molecule has 0 spiro atoms. The van der Waals surface area contributed by atoms with Gasteiger partial charge in [0.2, 0.25) is 0 Å². The van der Waals surface area contributed by atoms with Crippen LogP contribution in [0.1, 0.15) is 18.1 Å². The number of hydrogen-bond acceptors (Lipinski definition) is 0. The highest BCUT2D eigenvalue weighted by Crippen LogP contribution is 2.29. The molecule has 1 aromatic carbocycles. The Hall–Kier alpha value is -0.300. The molecule has 2 atom stereocenters. The molecule has 0 aliphatic heterocycles. The molecule has 64 valence electrons. The lowest BCUT2D eigenvalue weighted by atomic mass is 9.85. The third-order valence-electron chi connectivity index (χ3n) is 2.69. The van der Waals surface area contributed by atoms with Gasteiger partial charge in [0.15, 0.2) is 0 Å². The molecule has 0 amide bonds. The Morgan fingerprint density at radius 2 is 1.75 bits per heavy atom. The SMILES string of the molecule is CC1Cc2ccccc2CC1Br. The fourth-order valence-electron chi connectivity index (χ4n) is 1.84. The van der Waals surface area contributed by atoms with Gasteiger partial charge in [-0.1, -0.05) is 47.1 Å². The molecule has 0 N–H and O–H groups in total. The van der Waals surface area contributed by atoms with E-state index in [1.54, 1.807) is 5.56 Å². The monoisotopic (exact) mass is 224 g/mol. The summed E-state index contributed by atoms with van der Waals surface area (Å²) in [5, 5.41) is 0. The Bertz CT molecular complexity index is 251. The van der Waals surface area contributed by atoms with E-state index in [0.29, 0.717) is 4.83 Å². The lowest BCUT2D eigenvalue weighted by Crippen LogP contribution is -2.22. The minimum atomic E-state index is 0.674. The highest BCUT2D eigenvalue weighted by atomic mass is 79.9. The Morgan fingerprint density at radius 1 is 1.17 bits per heavy atom. The van der Waals surface area contributed by atoms with Crippen molar-refractivity contribution >= 4 is 15.9 Å². The first-order valence-corrected chi connectivity index (χ1v) is 5.40. The summed E-state index contributed by atoms with van der Waals surface area (Å²) in [7, 11) is 0. The second-order valence-electron chi connectivity index (χ2n) is 3.67. The first-order valence-electron chi connectivity index (χ1n) is 4.48. The smallest absolute Gasteiger partial charge is 0.0215 e. The molecule has 0 saturated carbocycles. The van der Waals surface area contributed by atoms with Crippen LogP contribution >= 0.6 is 15.9 Å². The number of alkyl halides is 1. The summed E-state index contributed by atoms with van der Waals surface area (Å²) >= 11 is 3.72. The zero-order valence-corrected chi connectivity index (χ0v) is 8.84. The van der Waals surface area contributed by atoms with Crippen molar-refractivity contribution in [2.45, 2.75) is 24.6 Å². The van der Waals surface area contributed by atoms with E-state index in [2.05, 4.69) is 47.1 Å². The molecule has 0 saturated heterocycles. The third kappa shape index (κ3) is 1.42. The van der Waals surface area contributed by atoms with E-state index in [1.165, 1.54) is 18.4 Å². The molecule has 0 aromatic heterocycles. The van der Waals surface area contributed by atoms with Crippen molar-refractivity contribution in [3.63, 3.8) is 0 Å². The fraction of sp³-hybridized carbons (Fsp3) is 0.455. The maximum Gasteiger partial charge on any atom is 0.0215 e. The summed E-state index contributed by atoms with van der Waals surface area (Å²) in [6.07, 6.45) is 2.42. The van der Waals surface area contributed by atoms with Gasteiger partial charge in [-0.05, 0) is 29.9 Å². The summed E-state index contributed by atoms with van der Waals surface area (Å²) in [5.74, 6) is 0.778. The lowest BCUT2D eigenvalue weighted by Gasteiger charge is -2.26. The standard InChI is InChI=1S/C11H13Br/c1-8-6-9-4-2-3-5-10(9)7-11(8)12/h2-5,8,11H,6-7H2,1H3. The van der Waals surface area contributed by atoms with Crippen molar-refractivity contribution in [2.24, 2.45) is 5.92 Å².